The minimum Gasteiger partial charge on any atom is -0.493 e. The molecular formula is C19H28N6O3. The van der Waals surface area contributed by atoms with Gasteiger partial charge in [-0.05, 0) is 17.7 Å². The first-order valence-corrected chi connectivity index (χ1v) is 9.28. The number of hydrogen-bond donors (Lipinski definition) is 3. The largest absolute Gasteiger partial charge is 0.493 e. The second-order valence-electron chi connectivity index (χ2n) is 6.59. The van der Waals surface area contributed by atoms with Crippen LogP contribution in [0.25, 0.3) is 0 Å². The second kappa shape index (κ2) is 9.43. The van der Waals surface area contributed by atoms with E-state index in [0.29, 0.717) is 36.1 Å². The molecule has 0 bridgehead atoms. The fourth-order valence-corrected chi connectivity index (χ4v) is 3.18. The fourth-order valence-electron chi connectivity index (χ4n) is 3.18. The van der Waals surface area contributed by atoms with Crippen molar-refractivity contribution in [2.45, 2.75) is 6.42 Å². The molecule has 0 spiro atoms. The molecule has 9 heteroatoms. The van der Waals surface area contributed by atoms with Crippen LogP contribution in [0.1, 0.15) is 11.1 Å². The van der Waals surface area contributed by atoms with Gasteiger partial charge in [0.05, 0.1) is 14.2 Å². The maximum atomic E-state index is 6.02. The molecule has 3 rings (SSSR count). The average Bonchev–Trinajstić information content (AvgIpc) is 2.71. The van der Waals surface area contributed by atoms with E-state index in [4.69, 9.17) is 25.7 Å². The van der Waals surface area contributed by atoms with Gasteiger partial charge in [-0.15, -0.1) is 0 Å². The fraction of sp³-hybridized carbons (Fsp3) is 0.474. The van der Waals surface area contributed by atoms with Crippen LogP contribution in [0.15, 0.2) is 18.3 Å². The number of nitrogen functional groups attached to an aromatic ring is 2. The number of nitrogens with two attached hydrogens (primary N) is 2. The highest BCUT2D eigenvalue weighted by Crippen LogP contribution is 2.39. The molecule has 5 N–H and O–H groups in total. The number of nitrogens with zero attached hydrogens (tertiary/aromatic N) is 3. The number of piperazine rings is 1. The van der Waals surface area contributed by atoms with Gasteiger partial charge < -0.3 is 31.0 Å². The zero-order valence-electron chi connectivity index (χ0n) is 16.4. The van der Waals surface area contributed by atoms with Gasteiger partial charge in [0, 0.05) is 50.9 Å². The summed E-state index contributed by atoms with van der Waals surface area (Å²) in [5.74, 6) is 2.35. The number of benzene rings is 1. The third-order valence-electron chi connectivity index (χ3n) is 4.70. The summed E-state index contributed by atoms with van der Waals surface area (Å²) in [6, 6.07) is 3.83. The first-order chi connectivity index (χ1) is 13.6. The van der Waals surface area contributed by atoms with Crippen molar-refractivity contribution in [3.05, 3.63) is 29.5 Å². The molecule has 1 aliphatic heterocycles. The molecule has 1 fully saturated rings. The minimum atomic E-state index is 0.157. The molecule has 1 saturated heterocycles. The maximum absolute atomic E-state index is 6.02. The molecule has 1 aromatic carbocycles. The van der Waals surface area contributed by atoms with E-state index in [2.05, 4.69) is 20.2 Å². The van der Waals surface area contributed by atoms with Crippen molar-refractivity contribution in [2.24, 2.45) is 0 Å². The summed E-state index contributed by atoms with van der Waals surface area (Å²) in [5, 5.41) is 3.35. The van der Waals surface area contributed by atoms with Crippen LogP contribution in [0.5, 0.6) is 17.2 Å². The van der Waals surface area contributed by atoms with Crippen LogP contribution in [0.2, 0.25) is 0 Å². The quantitative estimate of drug-likeness (QED) is 0.594. The molecule has 1 aromatic heterocycles. The van der Waals surface area contributed by atoms with Crippen LogP contribution >= 0.6 is 0 Å². The van der Waals surface area contributed by atoms with Gasteiger partial charge in [-0.1, -0.05) is 0 Å². The summed E-state index contributed by atoms with van der Waals surface area (Å²) < 4.78 is 17.1. The zero-order chi connectivity index (χ0) is 19.9. The summed E-state index contributed by atoms with van der Waals surface area (Å²) in [5.41, 5.74) is 13.2. The van der Waals surface area contributed by atoms with Crippen molar-refractivity contribution in [1.29, 1.82) is 0 Å². The Morgan fingerprint density at radius 3 is 2.39 bits per heavy atom. The number of nitrogens with one attached hydrogen (secondary N) is 1. The van der Waals surface area contributed by atoms with Crippen LogP contribution in [0.3, 0.4) is 0 Å². The van der Waals surface area contributed by atoms with E-state index in [-0.39, 0.29) is 5.95 Å². The summed E-state index contributed by atoms with van der Waals surface area (Å²) in [7, 11) is 3.23. The molecule has 9 nitrogen and oxygen atoms in total. The Morgan fingerprint density at radius 1 is 1.11 bits per heavy atom. The summed E-state index contributed by atoms with van der Waals surface area (Å²) in [4.78, 5) is 10.4. The van der Waals surface area contributed by atoms with Crippen LogP contribution in [-0.4, -0.2) is 68.4 Å². The van der Waals surface area contributed by atoms with Gasteiger partial charge in [-0.2, -0.15) is 4.98 Å². The van der Waals surface area contributed by atoms with E-state index in [9.17, 15) is 0 Å². The molecule has 152 valence electrons. The van der Waals surface area contributed by atoms with E-state index >= 15 is 0 Å². The topological polar surface area (TPSA) is 121 Å². The Labute approximate surface area is 165 Å². The predicted octanol–water partition coefficient (Wildman–Crippen LogP) is 0.533. The highest BCUT2D eigenvalue weighted by atomic mass is 16.5. The number of aromatic nitrogens is 2. The van der Waals surface area contributed by atoms with E-state index < -0.39 is 0 Å². The molecule has 0 amide bonds. The predicted molar refractivity (Wildman–Crippen MR) is 108 cm³/mol. The van der Waals surface area contributed by atoms with Crippen molar-refractivity contribution in [3.63, 3.8) is 0 Å². The molecule has 0 radical (unpaired) electrons. The lowest BCUT2D eigenvalue weighted by Gasteiger charge is -2.27. The van der Waals surface area contributed by atoms with Crippen molar-refractivity contribution in [3.8, 4) is 17.2 Å². The van der Waals surface area contributed by atoms with Crippen LogP contribution < -0.4 is 31.0 Å². The van der Waals surface area contributed by atoms with E-state index in [1.54, 1.807) is 20.4 Å². The van der Waals surface area contributed by atoms with Crippen molar-refractivity contribution in [1.82, 2.24) is 20.2 Å². The van der Waals surface area contributed by atoms with E-state index in [1.165, 1.54) is 0 Å². The summed E-state index contributed by atoms with van der Waals surface area (Å²) >= 11 is 0. The molecule has 0 unspecified atom stereocenters. The van der Waals surface area contributed by atoms with Gasteiger partial charge in [0.2, 0.25) is 11.7 Å². The second-order valence-corrected chi connectivity index (χ2v) is 6.59. The standard InChI is InChI=1S/C19H28N6O3/c1-26-15-10-13(9-14-12-23-19(21)24-18(14)20)11-16(27-2)17(15)28-8-7-25-5-3-22-4-6-25/h10-12,22H,3-9H2,1-2H3,(H4,20,21,23,24). The minimum absolute atomic E-state index is 0.157. The molecule has 0 saturated carbocycles. The van der Waals surface area contributed by atoms with Crippen molar-refractivity contribution < 1.29 is 14.2 Å². The van der Waals surface area contributed by atoms with E-state index in [0.717, 1.165) is 43.9 Å². The molecular weight excluding hydrogens is 360 g/mol. The van der Waals surface area contributed by atoms with Gasteiger partial charge >= 0.3 is 0 Å². The van der Waals surface area contributed by atoms with Gasteiger partial charge in [0.25, 0.3) is 0 Å². The van der Waals surface area contributed by atoms with Gasteiger partial charge in [-0.3, -0.25) is 4.90 Å². The van der Waals surface area contributed by atoms with Crippen molar-refractivity contribution in [2.75, 3.05) is 65.0 Å². The van der Waals surface area contributed by atoms with Crippen LogP contribution in [0, 0.1) is 0 Å². The Balaban J connectivity index is 1.73. The van der Waals surface area contributed by atoms with Gasteiger partial charge in [-0.25, -0.2) is 4.98 Å². The Bertz CT molecular complexity index is 770. The highest BCUT2D eigenvalue weighted by Gasteiger charge is 2.17. The SMILES string of the molecule is COc1cc(Cc2cnc(N)nc2N)cc(OC)c1OCCN1CCNCC1. The van der Waals surface area contributed by atoms with Gasteiger partial charge in [0.15, 0.2) is 11.5 Å². The monoisotopic (exact) mass is 388 g/mol. The number of rotatable bonds is 8. The smallest absolute Gasteiger partial charge is 0.221 e. The van der Waals surface area contributed by atoms with Crippen molar-refractivity contribution >= 4 is 11.8 Å². The lowest BCUT2D eigenvalue weighted by molar-refractivity contribution is 0.184. The normalized spacial score (nSPS) is 14.6. The Hall–Kier alpha value is -2.78. The van der Waals surface area contributed by atoms with Gasteiger partial charge in [0.1, 0.15) is 12.4 Å². The summed E-state index contributed by atoms with van der Waals surface area (Å²) in [6.45, 7) is 5.50. The lowest BCUT2D eigenvalue weighted by atomic mass is 10.1. The maximum Gasteiger partial charge on any atom is 0.221 e. The third kappa shape index (κ3) is 4.93. The first kappa shape index (κ1) is 20.0. The number of ether oxygens (including phenoxy) is 3. The molecule has 28 heavy (non-hydrogen) atoms. The first-order valence-electron chi connectivity index (χ1n) is 9.28. The highest BCUT2D eigenvalue weighted by molar-refractivity contribution is 5.55. The average molecular weight is 388 g/mol. The van der Waals surface area contributed by atoms with Crippen LogP contribution in [0.4, 0.5) is 11.8 Å². The molecule has 2 heterocycles. The summed E-state index contributed by atoms with van der Waals surface area (Å²) in [6.07, 6.45) is 2.16. The third-order valence-corrected chi connectivity index (χ3v) is 4.70. The molecule has 1 aliphatic rings. The zero-order valence-corrected chi connectivity index (χ0v) is 16.4. The van der Waals surface area contributed by atoms with E-state index in [1.807, 2.05) is 12.1 Å². The Morgan fingerprint density at radius 2 is 1.79 bits per heavy atom. The molecule has 2 aromatic rings. The lowest BCUT2D eigenvalue weighted by Crippen LogP contribution is -2.44. The van der Waals surface area contributed by atoms with Crippen LogP contribution in [-0.2, 0) is 6.42 Å². The Kier molecular flexibility index (Phi) is 6.72. The molecule has 0 aliphatic carbocycles. The molecule has 0 atom stereocenters. The number of hydrogen-bond acceptors (Lipinski definition) is 9. The number of anilines is 2. The number of methoxy groups -OCH3 is 2.